The molecule has 4 aromatic heterocycles. The van der Waals surface area contributed by atoms with Gasteiger partial charge in [-0.2, -0.15) is 0 Å². The highest BCUT2D eigenvalue weighted by atomic mass is 15.0. The molecule has 112 heavy (non-hydrogen) atoms. The van der Waals surface area contributed by atoms with Crippen LogP contribution in [0.1, 0.15) is 0 Å². The van der Waals surface area contributed by atoms with Crippen LogP contribution < -0.4 is 0 Å². The van der Waals surface area contributed by atoms with Crippen molar-refractivity contribution in [1.29, 1.82) is 0 Å². The minimum absolute atomic E-state index is 1.14. The van der Waals surface area contributed by atoms with E-state index in [1.807, 2.05) is 0 Å². The summed E-state index contributed by atoms with van der Waals surface area (Å²) in [7, 11) is 0. The summed E-state index contributed by atoms with van der Waals surface area (Å²) in [5.74, 6) is 0. The van der Waals surface area contributed by atoms with Crippen LogP contribution in [-0.2, 0) is 0 Å². The third kappa shape index (κ3) is 11.2. The predicted molar refractivity (Wildman–Crippen MR) is 474 cm³/mol. The summed E-state index contributed by atoms with van der Waals surface area (Å²) in [4.78, 5) is 0. The lowest BCUT2D eigenvalue weighted by atomic mass is 9.94. The maximum absolute atomic E-state index is 2.45. The largest absolute Gasteiger partial charge is 0.309 e. The van der Waals surface area contributed by atoms with E-state index in [9.17, 15) is 0 Å². The molecular formula is C108H72N4. The zero-order chi connectivity index (χ0) is 74.0. The molecule has 18 aromatic carbocycles. The van der Waals surface area contributed by atoms with Crippen molar-refractivity contribution in [2.45, 2.75) is 0 Å². The molecule has 0 bridgehead atoms. The average molecular weight is 1430 g/mol. The number of para-hydroxylation sites is 4. The number of benzene rings is 18. The molecule has 0 unspecified atom stereocenters. The van der Waals surface area contributed by atoms with Crippen LogP contribution in [0.3, 0.4) is 0 Å². The van der Waals surface area contributed by atoms with Crippen LogP contribution in [0.15, 0.2) is 437 Å². The van der Waals surface area contributed by atoms with Gasteiger partial charge in [0.25, 0.3) is 0 Å². The normalized spacial score (nSPS) is 11.6. The van der Waals surface area contributed by atoms with Crippen molar-refractivity contribution in [3.63, 3.8) is 0 Å². The van der Waals surface area contributed by atoms with Gasteiger partial charge in [-0.15, -0.1) is 0 Å². The first-order valence-corrected chi connectivity index (χ1v) is 38.5. The molecule has 0 aliphatic rings. The molecule has 22 aromatic rings. The average Bonchev–Trinajstić information content (AvgIpc) is 1.56. The highest BCUT2D eigenvalue weighted by Gasteiger charge is 2.25. The van der Waals surface area contributed by atoms with E-state index in [0.29, 0.717) is 0 Å². The van der Waals surface area contributed by atoms with Gasteiger partial charge in [0.1, 0.15) is 0 Å². The number of hydrogen-bond acceptors (Lipinski definition) is 0. The second-order valence-electron chi connectivity index (χ2n) is 29.0. The lowest BCUT2D eigenvalue weighted by Crippen LogP contribution is -1.95. The Labute approximate surface area is 649 Å². The van der Waals surface area contributed by atoms with Crippen molar-refractivity contribution in [2.24, 2.45) is 0 Å². The van der Waals surface area contributed by atoms with E-state index in [-0.39, 0.29) is 0 Å². The quantitative estimate of drug-likeness (QED) is 0.116. The number of rotatable bonds is 12. The first-order chi connectivity index (χ1) is 55.6. The van der Waals surface area contributed by atoms with Crippen molar-refractivity contribution >= 4 is 87.2 Å². The van der Waals surface area contributed by atoms with E-state index in [1.165, 1.54) is 176 Å². The number of aromatic nitrogens is 4. The summed E-state index contributed by atoms with van der Waals surface area (Å²) in [6.07, 6.45) is 0. The SMILES string of the molecule is c1ccc(-c2cccc(-c3cccc(-n4c5ccccc5c5c(-c6cccc7c6c6ccccc6n7-c6cccc(-c7ccccc7)c6)cccc54)c3)c2)cc1.c1ccc(-c2cccc(-n3c4ccccc4c4c(-c5cccc6c5c5ccccc5n6-c5cccc(-c6ccccc6-c6ccccc6)c5)cccc43)c2)cc1. The lowest BCUT2D eigenvalue weighted by Gasteiger charge is -2.14. The van der Waals surface area contributed by atoms with Gasteiger partial charge in [0.05, 0.1) is 44.1 Å². The summed E-state index contributed by atoms with van der Waals surface area (Å²) >= 11 is 0. The standard InChI is InChI=1S/2C54H36N2/c1-3-16-37(17-4-1)39-20-11-21-40(34-39)42-23-13-25-44(36-42)56-50-31-10-8-27-48(50)54-46(29-15-33-52(54)56)45-28-14-32-51-53(45)47-26-7-9-30-49(47)55(51)43-24-12-22-41(35-43)38-18-5-2-6-19-38;1-3-17-37(18-4-1)39-21-13-23-41(35-39)55-49-31-11-9-27-47(49)53-45(29-15-33-51(53)55)46-30-16-34-52-54(46)48-28-10-12-32-50(48)56(52)42-24-14-22-40(36-42)44-26-8-7-25-43(44)38-19-5-2-6-20-38/h2*1-36H. The molecule has 0 N–H and O–H groups in total. The summed E-state index contributed by atoms with van der Waals surface area (Å²) < 4.78 is 9.75. The molecule has 0 atom stereocenters. The molecule has 22 rings (SSSR count). The molecule has 4 heterocycles. The van der Waals surface area contributed by atoms with Crippen LogP contribution in [-0.4, -0.2) is 18.3 Å². The fourth-order valence-corrected chi connectivity index (χ4v) is 17.7. The predicted octanol–water partition coefficient (Wildman–Crippen LogP) is 29.1. The van der Waals surface area contributed by atoms with Gasteiger partial charge in [-0.05, 0) is 192 Å². The fraction of sp³-hybridized carbons (Fsp3) is 0. The number of fused-ring (bicyclic) bond motifs is 12. The minimum atomic E-state index is 1.14. The van der Waals surface area contributed by atoms with E-state index >= 15 is 0 Å². The van der Waals surface area contributed by atoms with E-state index in [4.69, 9.17) is 0 Å². The molecular weight excluding hydrogens is 1350 g/mol. The van der Waals surface area contributed by atoms with Gasteiger partial charge in [-0.1, -0.05) is 334 Å². The molecule has 0 radical (unpaired) electrons. The van der Waals surface area contributed by atoms with Crippen molar-refractivity contribution in [3.05, 3.63) is 437 Å². The van der Waals surface area contributed by atoms with Gasteiger partial charge in [-0.3, -0.25) is 0 Å². The summed E-state index contributed by atoms with van der Waals surface area (Å²) in [5.41, 5.74) is 33.6. The Bertz CT molecular complexity index is 7360. The van der Waals surface area contributed by atoms with Gasteiger partial charge in [0, 0.05) is 65.8 Å². The molecule has 0 saturated carbocycles. The van der Waals surface area contributed by atoms with Crippen molar-refractivity contribution in [1.82, 2.24) is 18.3 Å². The van der Waals surface area contributed by atoms with Gasteiger partial charge < -0.3 is 18.3 Å². The first-order valence-electron chi connectivity index (χ1n) is 38.5. The fourth-order valence-electron chi connectivity index (χ4n) is 17.7. The van der Waals surface area contributed by atoms with Gasteiger partial charge in [-0.25, -0.2) is 0 Å². The zero-order valence-electron chi connectivity index (χ0n) is 61.4. The summed E-state index contributed by atoms with van der Waals surface area (Å²) in [6.45, 7) is 0. The first kappa shape index (κ1) is 65.5. The monoisotopic (exact) mass is 1420 g/mol. The second-order valence-corrected chi connectivity index (χ2v) is 29.0. The minimum Gasteiger partial charge on any atom is -0.309 e. The van der Waals surface area contributed by atoms with Crippen LogP contribution in [0.4, 0.5) is 0 Å². The Hall–Kier alpha value is -14.8. The lowest BCUT2D eigenvalue weighted by molar-refractivity contribution is 1.18. The van der Waals surface area contributed by atoms with Crippen LogP contribution in [0, 0.1) is 0 Å². The Kier molecular flexibility index (Phi) is 16.2. The molecule has 524 valence electrons. The van der Waals surface area contributed by atoms with Crippen LogP contribution in [0.25, 0.3) is 199 Å². The van der Waals surface area contributed by atoms with Gasteiger partial charge in [0.15, 0.2) is 0 Å². The maximum atomic E-state index is 2.45. The summed E-state index contributed by atoms with van der Waals surface area (Å²) in [5, 5.41) is 10.0. The molecule has 0 amide bonds. The van der Waals surface area contributed by atoms with Crippen LogP contribution >= 0.6 is 0 Å². The van der Waals surface area contributed by atoms with Gasteiger partial charge in [0.2, 0.25) is 0 Å². The van der Waals surface area contributed by atoms with Crippen LogP contribution in [0.2, 0.25) is 0 Å². The number of hydrogen-bond donors (Lipinski definition) is 0. The smallest absolute Gasteiger partial charge is 0.0547 e. The highest BCUT2D eigenvalue weighted by molar-refractivity contribution is 6.24. The van der Waals surface area contributed by atoms with Gasteiger partial charge >= 0.3 is 0 Å². The molecule has 0 saturated heterocycles. The topological polar surface area (TPSA) is 19.7 Å². The third-order valence-electron chi connectivity index (χ3n) is 22.6. The van der Waals surface area contributed by atoms with E-state index in [0.717, 1.165) is 22.7 Å². The molecule has 4 nitrogen and oxygen atoms in total. The molecule has 4 heteroatoms. The van der Waals surface area contributed by atoms with E-state index < -0.39 is 0 Å². The van der Waals surface area contributed by atoms with Crippen LogP contribution in [0.5, 0.6) is 0 Å². The van der Waals surface area contributed by atoms with Crippen molar-refractivity contribution in [2.75, 3.05) is 0 Å². The maximum Gasteiger partial charge on any atom is 0.0547 e. The third-order valence-corrected chi connectivity index (χ3v) is 22.6. The van der Waals surface area contributed by atoms with E-state index in [1.54, 1.807) is 0 Å². The molecule has 0 spiro atoms. The van der Waals surface area contributed by atoms with Crippen molar-refractivity contribution < 1.29 is 0 Å². The Balaban J connectivity index is 0.000000141. The Morgan fingerprint density at radius 1 is 0.116 bits per heavy atom. The molecule has 0 fully saturated rings. The van der Waals surface area contributed by atoms with E-state index in [2.05, 4.69) is 455 Å². The molecule has 0 aliphatic heterocycles. The molecule has 0 aliphatic carbocycles. The van der Waals surface area contributed by atoms with Crippen molar-refractivity contribution in [3.8, 4) is 112 Å². The second kappa shape index (κ2) is 27.7. The Morgan fingerprint density at radius 3 is 0.643 bits per heavy atom. The summed E-state index contributed by atoms with van der Waals surface area (Å²) in [6, 6.07) is 159. The number of nitrogens with zero attached hydrogens (tertiary/aromatic N) is 4. The Morgan fingerprint density at radius 2 is 0.312 bits per heavy atom. The zero-order valence-corrected chi connectivity index (χ0v) is 61.4. The highest BCUT2D eigenvalue weighted by Crippen LogP contribution is 2.48.